The van der Waals surface area contributed by atoms with E-state index in [9.17, 15) is 19.5 Å². The number of carbonyl (C=O) groups excluding carboxylic acids is 2. The highest BCUT2D eigenvalue weighted by molar-refractivity contribution is 5.85. The van der Waals surface area contributed by atoms with Crippen molar-refractivity contribution in [3.63, 3.8) is 0 Å². The average Bonchev–Trinajstić information content (AvgIpc) is 3.41. The van der Waals surface area contributed by atoms with Crippen LogP contribution in [0.4, 0.5) is 4.79 Å². The SMILES string of the molecule is CC[C@@H](CC(=O)N1CCC[C@H]1C(=O)O)NC(=O)OCC1c2ccccc2-c2ccccc21. The largest absolute Gasteiger partial charge is 0.480 e. The molecule has 2 amide bonds. The van der Waals surface area contributed by atoms with Crippen LogP contribution in [0.15, 0.2) is 48.5 Å². The van der Waals surface area contributed by atoms with Gasteiger partial charge in [-0.05, 0) is 41.5 Å². The molecule has 0 bridgehead atoms. The lowest BCUT2D eigenvalue weighted by Gasteiger charge is -2.24. The van der Waals surface area contributed by atoms with E-state index in [2.05, 4.69) is 29.6 Å². The average molecular weight is 437 g/mol. The van der Waals surface area contributed by atoms with Crippen LogP contribution in [0.5, 0.6) is 0 Å². The molecule has 0 radical (unpaired) electrons. The molecule has 1 aliphatic heterocycles. The van der Waals surface area contributed by atoms with Crippen LogP contribution in [0.3, 0.4) is 0 Å². The molecule has 7 nitrogen and oxygen atoms in total. The highest BCUT2D eigenvalue weighted by Crippen LogP contribution is 2.44. The van der Waals surface area contributed by atoms with E-state index in [1.54, 1.807) is 0 Å². The van der Waals surface area contributed by atoms with E-state index in [0.29, 0.717) is 25.8 Å². The summed E-state index contributed by atoms with van der Waals surface area (Å²) in [5.41, 5.74) is 4.59. The fourth-order valence-electron chi connectivity index (χ4n) is 4.75. The molecule has 2 aliphatic rings. The second-order valence-corrected chi connectivity index (χ2v) is 8.36. The maximum Gasteiger partial charge on any atom is 0.407 e. The van der Waals surface area contributed by atoms with Gasteiger partial charge in [0, 0.05) is 24.9 Å². The number of nitrogens with zero attached hydrogens (tertiary/aromatic N) is 1. The molecule has 0 spiro atoms. The summed E-state index contributed by atoms with van der Waals surface area (Å²) in [6.45, 7) is 2.52. The molecule has 1 fully saturated rings. The van der Waals surface area contributed by atoms with Crippen molar-refractivity contribution in [2.24, 2.45) is 0 Å². The molecular formula is C25H28N2O5. The lowest BCUT2D eigenvalue weighted by molar-refractivity contribution is -0.148. The first-order chi connectivity index (χ1) is 15.5. The molecule has 2 atom stereocenters. The van der Waals surface area contributed by atoms with Gasteiger partial charge in [-0.1, -0.05) is 55.5 Å². The Balaban J connectivity index is 1.35. The molecule has 32 heavy (non-hydrogen) atoms. The van der Waals surface area contributed by atoms with Crippen molar-refractivity contribution in [3.8, 4) is 11.1 Å². The van der Waals surface area contributed by atoms with Gasteiger partial charge in [-0.2, -0.15) is 0 Å². The number of ether oxygens (including phenoxy) is 1. The van der Waals surface area contributed by atoms with E-state index in [0.717, 1.165) is 22.3 Å². The van der Waals surface area contributed by atoms with Crippen LogP contribution in [-0.4, -0.2) is 53.2 Å². The first-order valence-electron chi connectivity index (χ1n) is 11.1. The van der Waals surface area contributed by atoms with Crippen molar-refractivity contribution in [3.05, 3.63) is 59.7 Å². The summed E-state index contributed by atoms with van der Waals surface area (Å²) >= 11 is 0. The van der Waals surface area contributed by atoms with Gasteiger partial charge in [0.15, 0.2) is 0 Å². The van der Waals surface area contributed by atoms with Gasteiger partial charge >= 0.3 is 12.1 Å². The minimum atomic E-state index is -0.978. The van der Waals surface area contributed by atoms with E-state index < -0.39 is 24.1 Å². The molecular weight excluding hydrogens is 408 g/mol. The molecule has 1 saturated heterocycles. The lowest BCUT2D eigenvalue weighted by Crippen LogP contribution is -2.44. The molecule has 2 N–H and O–H groups in total. The summed E-state index contributed by atoms with van der Waals surface area (Å²) in [5, 5.41) is 12.1. The Morgan fingerprint density at radius 3 is 2.31 bits per heavy atom. The minimum Gasteiger partial charge on any atom is -0.480 e. The number of likely N-dealkylation sites (tertiary alicyclic amines) is 1. The van der Waals surface area contributed by atoms with E-state index in [4.69, 9.17) is 4.74 Å². The number of carboxylic acid groups (broad SMARTS) is 1. The third kappa shape index (κ3) is 4.33. The van der Waals surface area contributed by atoms with Gasteiger partial charge in [-0.25, -0.2) is 9.59 Å². The fourth-order valence-corrected chi connectivity index (χ4v) is 4.75. The number of fused-ring (bicyclic) bond motifs is 3. The highest BCUT2D eigenvalue weighted by Gasteiger charge is 2.35. The molecule has 1 aliphatic carbocycles. The number of carboxylic acids is 1. The van der Waals surface area contributed by atoms with Crippen molar-refractivity contribution < 1.29 is 24.2 Å². The third-order valence-corrected chi connectivity index (χ3v) is 6.44. The minimum absolute atomic E-state index is 0.0317. The lowest BCUT2D eigenvalue weighted by atomic mass is 9.98. The third-order valence-electron chi connectivity index (χ3n) is 6.44. The van der Waals surface area contributed by atoms with Crippen LogP contribution in [0.1, 0.15) is 49.7 Å². The number of aliphatic carboxylic acids is 1. The van der Waals surface area contributed by atoms with Gasteiger partial charge in [0.25, 0.3) is 0 Å². The summed E-state index contributed by atoms with van der Waals surface area (Å²) in [7, 11) is 0. The number of hydrogen-bond donors (Lipinski definition) is 2. The van der Waals surface area contributed by atoms with Gasteiger partial charge in [0.05, 0.1) is 0 Å². The van der Waals surface area contributed by atoms with Gasteiger partial charge in [0.2, 0.25) is 5.91 Å². The predicted octanol–water partition coefficient (Wildman–Crippen LogP) is 3.77. The van der Waals surface area contributed by atoms with Crippen molar-refractivity contribution >= 4 is 18.0 Å². The molecule has 4 rings (SSSR count). The molecule has 1 heterocycles. The van der Waals surface area contributed by atoms with Gasteiger partial charge in [0.1, 0.15) is 12.6 Å². The van der Waals surface area contributed by atoms with E-state index in [1.165, 1.54) is 4.90 Å². The first-order valence-corrected chi connectivity index (χ1v) is 11.1. The molecule has 0 unspecified atom stereocenters. The van der Waals surface area contributed by atoms with Crippen molar-refractivity contribution in [1.82, 2.24) is 10.2 Å². The Kier molecular flexibility index (Phi) is 6.44. The van der Waals surface area contributed by atoms with Crippen LogP contribution in [0, 0.1) is 0 Å². The number of nitrogens with one attached hydrogen (secondary N) is 1. The Morgan fingerprint density at radius 1 is 1.09 bits per heavy atom. The molecule has 2 aromatic carbocycles. The Bertz CT molecular complexity index is 975. The number of amides is 2. The van der Waals surface area contributed by atoms with E-state index in [1.807, 2.05) is 31.2 Å². The zero-order chi connectivity index (χ0) is 22.7. The van der Waals surface area contributed by atoms with Crippen molar-refractivity contribution in [2.45, 2.75) is 50.6 Å². The van der Waals surface area contributed by atoms with Crippen LogP contribution >= 0.6 is 0 Å². The zero-order valence-electron chi connectivity index (χ0n) is 18.1. The first kappa shape index (κ1) is 21.9. The normalized spacial score (nSPS) is 18.0. The molecule has 0 aromatic heterocycles. The Labute approximate surface area is 187 Å². The fraction of sp³-hybridized carbons (Fsp3) is 0.400. The van der Waals surface area contributed by atoms with Gasteiger partial charge < -0.3 is 20.1 Å². The van der Waals surface area contributed by atoms with Crippen LogP contribution in [-0.2, 0) is 14.3 Å². The summed E-state index contributed by atoms with van der Waals surface area (Å²) in [4.78, 5) is 37.9. The van der Waals surface area contributed by atoms with Gasteiger partial charge in [-0.15, -0.1) is 0 Å². The monoisotopic (exact) mass is 436 g/mol. The summed E-state index contributed by atoms with van der Waals surface area (Å²) in [6, 6.07) is 15.1. The Morgan fingerprint density at radius 2 is 1.72 bits per heavy atom. The number of rotatable bonds is 7. The standard InChI is InChI=1S/C25H28N2O5/c1-2-16(14-23(28)27-13-7-12-22(27)24(29)30)26-25(31)32-15-21-19-10-5-3-8-17(19)18-9-4-6-11-20(18)21/h3-6,8-11,16,21-22H,2,7,12-15H2,1H3,(H,26,31)(H,29,30)/t16-,22-/m0/s1. The van der Waals surface area contributed by atoms with Crippen molar-refractivity contribution in [1.29, 1.82) is 0 Å². The zero-order valence-corrected chi connectivity index (χ0v) is 18.1. The summed E-state index contributed by atoms with van der Waals surface area (Å²) in [6.07, 6.45) is 1.19. The number of alkyl carbamates (subject to hydrolysis) is 1. The van der Waals surface area contributed by atoms with Gasteiger partial charge in [-0.3, -0.25) is 4.79 Å². The number of benzene rings is 2. The van der Waals surface area contributed by atoms with Crippen LogP contribution < -0.4 is 5.32 Å². The Hall–Kier alpha value is -3.35. The molecule has 168 valence electrons. The molecule has 2 aromatic rings. The highest BCUT2D eigenvalue weighted by atomic mass is 16.5. The number of carbonyl (C=O) groups is 3. The van der Waals surface area contributed by atoms with Crippen LogP contribution in [0.25, 0.3) is 11.1 Å². The van der Waals surface area contributed by atoms with E-state index in [-0.39, 0.29) is 24.9 Å². The second-order valence-electron chi connectivity index (χ2n) is 8.36. The van der Waals surface area contributed by atoms with E-state index >= 15 is 0 Å². The maximum absolute atomic E-state index is 12.6. The quantitative estimate of drug-likeness (QED) is 0.689. The topological polar surface area (TPSA) is 95.9 Å². The molecule has 0 saturated carbocycles. The number of hydrogen-bond acceptors (Lipinski definition) is 4. The summed E-state index contributed by atoms with van der Waals surface area (Å²) < 4.78 is 5.57. The molecule has 7 heteroatoms. The predicted molar refractivity (Wildman–Crippen MR) is 119 cm³/mol. The second kappa shape index (κ2) is 9.42. The maximum atomic E-state index is 12.6. The summed E-state index contributed by atoms with van der Waals surface area (Å²) in [5.74, 6) is -1.26. The van der Waals surface area contributed by atoms with Crippen molar-refractivity contribution in [2.75, 3.05) is 13.2 Å². The van der Waals surface area contributed by atoms with Crippen LogP contribution in [0.2, 0.25) is 0 Å². The smallest absolute Gasteiger partial charge is 0.407 e.